The topological polar surface area (TPSA) is 49.8 Å². The van der Waals surface area contributed by atoms with Crippen molar-refractivity contribution in [3.05, 3.63) is 11.9 Å². The van der Waals surface area contributed by atoms with Crippen molar-refractivity contribution in [2.45, 2.75) is 59.3 Å². The van der Waals surface area contributed by atoms with Crippen LogP contribution in [0.1, 0.15) is 64.9 Å². The first-order valence-electron chi connectivity index (χ1n) is 7.88. The fourth-order valence-corrected chi connectivity index (χ4v) is 2.72. The van der Waals surface area contributed by atoms with Gasteiger partial charge in [-0.15, -0.1) is 0 Å². The van der Waals surface area contributed by atoms with Gasteiger partial charge in [-0.25, -0.2) is 9.97 Å². The standard InChI is InChI=1S/C16H28N4/c1-5-9-17-14-13(12(2)3)15(20-11-19-14)18-10-16(4)7-6-8-16/h11-12H,5-10H2,1-4H3,(H2,17,18,19,20). The summed E-state index contributed by atoms with van der Waals surface area (Å²) < 4.78 is 0. The fraction of sp³-hybridized carbons (Fsp3) is 0.750. The van der Waals surface area contributed by atoms with Gasteiger partial charge in [-0.3, -0.25) is 0 Å². The summed E-state index contributed by atoms with van der Waals surface area (Å²) in [5.41, 5.74) is 1.67. The zero-order valence-electron chi connectivity index (χ0n) is 13.3. The average molecular weight is 276 g/mol. The van der Waals surface area contributed by atoms with Gasteiger partial charge >= 0.3 is 0 Å². The summed E-state index contributed by atoms with van der Waals surface area (Å²) in [6.45, 7) is 10.9. The summed E-state index contributed by atoms with van der Waals surface area (Å²) in [5, 5.41) is 6.98. The van der Waals surface area contributed by atoms with Gasteiger partial charge in [-0.2, -0.15) is 0 Å². The van der Waals surface area contributed by atoms with Crippen LogP contribution in [0.5, 0.6) is 0 Å². The van der Waals surface area contributed by atoms with Crippen LogP contribution in [-0.2, 0) is 0 Å². The molecule has 1 aromatic rings. The number of anilines is 2. The molecule has 20 heavy (non-hydrogen) atoms. The molecule has 0 amide bonds. The lowest BCUT2D eigenvalue weighted by Gasteiger charge is -2.38. The summed E-state index contributed by atoms with van der Waals surface area (Å²) in [6, 6.07) is 0. The van der Waals surface area contributed by atoms with Gasteiger partial charge in [-0.05, 0) is 30.6 Å². The second-order valence-electron chi connectivity index (χ2n) is 6.58. The molecular formula is C16H28N4. The van der Waals surface area contributed by atoms with E-state index in [1.807, 2.05) is 0 Å². The van der Waals surface area contributed by atoms with Crippen molar-refractivity contribution < 1.29 is 0 Å². The van der Waals surface area contributed by atoms with E-state index in [0.29, 0.717) is 11.3 Å². The second-order valence-corrected chi connectivity index (χ2v) is 6.58. The molecular weight excluding hydrogens is 248 g/mol. The van der Waals surface area contributed by atoms with Gasteiger partial charge in [0.25, 0.3) is 0 Å². The molecule has 1 fully saturated rings. The molecule has 0 aliphatic heterocycles. The highest BCUT2D eigenvalue weighted by Crippen LogP contribution is 2.40. The highest BCUT2D eigenvalue weighted by atomic mass is 15.1. The minimum atomic E-state index is 0.409. The zero-order valence-corrected chi connectivity index (χ0v) is 13.3. The monoisotopic (exact) mass is 276 g/mol. The maximum Gasteiger partial charge on any atom is 0.135 e. The lowest BCUT2D eigenvalue weighted by Crippen LogP contribution is -2.33. The van der Waals surface area contributed by atoms with E-state index in [1.165, 1.54) is 24.8 Å². The first-order valence-corrected chi connectivity index (χ1v) is 7.88. The van der Waals surface area contributed by atoms with Crippen LogP contribution in [0.25, 0.3) is 0 Å². The van der Waals surface area contributed by atoms with Crippen LogP contribution in [0.15, 0.2) is 6.33 Å². The number of nitrogens with one attached hydrogen (secondary N) is 2. The van der Waals surface area contributed by atoms with Crippen LogP contribution in [0, 0.1) is 5.41 Å². The lowest BCUT2D eigenvalue weighted by molar-refractivity contribution is 0.179. The number of aromatic nitrogens is 2. The molecule has 0 radical (unpaired) electrons. The van der Waals surface area contributed by atoms with E-state index in [0.717, 1.165) is 31.1 Å². The third-order valence-electron chi connectivity index (χ3n) is 4.25. The van der Waals surface area contributed by atoms with Crippen LogP contribution in [0.2, 0.25) is 0 Å². The van der Waals surface area contributed by atoms with Crippen molar-refractivity contribution in [2.24, 2.45) is 5.41 Å². The normalized spacial score (nSPS) is 16.9. The Balaban J connectivity index is 2.13. The Morgan fingerprint density at radius 2 is 1.85 bits per heavy atom. The SMILES string of the molecule is CCCNc1ncnc(NCC2(C)CCC2)c1C(C)C. The van der Waals surface area contributed by atoms with Crippen LogP contribution in [0.4, 0.5) is 11.6 Å². The molecule has 1 aliphatic rings. The van der Waals surface area contributed by atoms with E-state index in [1.54, 1.807) is 6.33 Å². The molecule has 4 heteroatoms. The minimum Gasteiger partial charge on any atom is -0.370 e. The smallest absolute Gasteiger partial charge is 0.135 e. The minimum absolute atomic E-state index is 0.409. The molecule has 0 aromatic carbocycles. The van der Waals surface area contributed by atoms with Gasteiger partial charge in [-0.1, -0.05) is 34.1 Å². The Bertz CT molecular complexity index is 438. The van der Waals surface area contributed by atoms with Crippen molar-refractivity contribution in [3.63, 3.8) is 0 Å². The molecule has 112 valence electrons. The second kappa shape index (κ2) is 6.42. The molecule has 0 spiro atoms. The Hall–Kier alpha value is -1.32. The van der Waals surface area contributed by atoms with Gasteiger partial charge in [0.05, 0.1) is 0 Å². The third kappa shape index (κ3) is 3.41. The van der Waals surface area contributed by atoms with E-state index in [-0.39, 0.29) is 0 Å². The quantitative estimate of drug-likeness (QED) is 0.789. The molecule has 2 N–H and O–H groups in total. The summed E-state index contributed by atoms with van der Waals surface area (Å²) in [5.74, 6) is 2.40. The van der Waals surface area contributed by atoms with Crippen LogP contribution >= 0.6 is 0 Å². The molecule has 1 aliphatic carbocycles. The van der Waals surface area contributed by atoms with E-state index in [2.05, 4.69) is 48.3 Å². The van der Waals surface area contributed by atoms with Crippen molar-refractivity contribution in [3.8, 4) is 0 Å². The summed E-state index contributed by atoms with van der Waals surface area (Å²) >= 11 is 0. The number of nitrogens with zero attached hydrogens (tertiary/aromatic N) is 2. The maximum absolute atomic E-state index is 4.47. The first kappa shape index (κ1) is 15.1. The van der Waals surface area contributed by atoms with Crippen LogP contribution in [0.3, 0.4) is 0 Å². The Kier molecular flexibility index (Phi) is 4.84. The van der Waals surface area contributed by atoms with Crippen molar-refractivity contribution in [1.82, 2.24) is 9.97 Å². The molecule has 0 bridgehead atoms. The van der Waals surface area contributed by atoms with Gasteiger partial charge < -0.3 is 10.6 Å². The third-order valence-corrected chi connectivity index (χ3v) is 4.25. The van der Waals surface area contributed by atoms with Crippen LogP contribution < -0.4 is 10.6 Å². The molecule has 0 unspecified atom stereocenters. The molecule has 0 saturated heterocycles. The lowest BCUT2D eigenvalue weighted by atomic mass is 9.70. The van der Waals surface area contributed by atoms with E-state index in [4.69, 9.17) is 0 Å². The highest BCUT2D eigenvalue weighted by molar-refractivity contribution is 5.59. The maximum atomic E-state index is 4.47. The predicted molar refractivity (Wildman–Crippen MR) is 85.3 cm³/mol. The van der Waals surface area contributed by atoms with Gasteiger partial charge in [0, 0.05) is 18.7 Å². The average Bonchev–Trinajstić information content (AvgIpc) is 2.40. The summed E-state index contributed by atoms with van der Waals surface area (Å²) in [4.78, 5) is 8.88. The van der Waals surface area contributed by atoms with Gasteiger partial charge in [0.1, 0.15) is 18.0 Å². The predicted octanol–water partition coefficient (Wildman–Crippen LogP) is 4.02. The number of hydrogen-bond donors (Lipinski definition) is 2. The Morgan fingerprint density at radius 1 is 1.20 bits per heavy atom. The fourth-order valence-electron chi connectivity index (χ4n) is 2.72. The zero-order chi connectivity index (χ0) is 14.6. The molecule has 4 nitrogen and oxygen atoms in total. The Labute approximate surface area is 122 Å². The van der Waals surface area contributed by atoms with Gasteiger partial charge in [0.2, 0.25) is 0 Å². The largest absolute Gasteiger partial charge is 0.370 e. The molecule has 0 atom stereocenters. The number of rotatable bonds is 7. The first-order chi connectivity index (χ1) is 9.56. The molecule has 2 rings (SSSR count). The van der Waals surface area contributed by atoms with Crippen molar-refractivity contribution >= 4 is 11.6 Å². The van der Waals surface area contributed by atoms with Crippen LogP contribution in [-0.4, -0.2) is 23.1 Å². The van der Waals surface area contributed by atoms with Crippen molar-refractivity contribution in [1.29, 1.82) is 0 Å². The van der Waals surface area contributed by atoms with Crippen molar-refractivity contribution in [2.75, 3.05) is 23.7 Å². The van der Waals surface area contributed by atoms with E-state index in [9.17, 15) is 0 Å². The summed E-state index contributed by atoms with van der Waals surface area (Å²) in [7, 11) is 0. The molecule has 1 saturated carbocycles. The highest BCUT2D eigenvalue weighted by Gasteiger charge is 2.31. The molecule has 1 heterocycles. The van der Waals surface area contributed by atoms with E-state index < -0.39 is 0 Å². The number of hydrogen-bond acceptors (Lipinski definition) is 4. The summed E-state index contributed by atoms with van der Waals surface area (Å²) in [6.07, 6.45) is 6.77. The van der Waals surface area contributed by atoms with E-state index >= 15 is 0 Å². The Morgan fingerprint density at radius 3 is 2.35 bits per heavy atom. The van der Waals surface area contributed by atoms with Gasteiger partial charge in [0.15, 0.2) is 0 Å². The molecule has 1 aromatic heterocycles.